The Kier molecular flexibility index (Phi) is 6.52. The van der Waals surface area contributed by atoms with Crippen molar-refractivity contribution in [2.24, 2.45) is 4.99 Å². The van der Waals surface area contributed by atoms with Crippen molar-refractivity contribution in [3.05, 3.63) is 22.1 Å². The maximum absolute atomic E-state index is 12.2. The van der Waals surface area contributed by atoms with Gasteiger partial charge in [-0.3, -0.25) is 14.2 Å². The molecule has 14 nitrogen and oxygen atoms in total. The Morgan fingerprint density at radius 3 is 2.77 bits per heavy atom. The second-order valence-electron chi connectivity index (χ2n) is 7.14. The van der Waals surface area contributed by atoms with Gasteiger partial charge in [0, 0.05) is 6.92 Å². The van der Waals surface area contributed by atoms with Gasteiger partial charge in [0.05, 0.1) is 12.9 Å². The molecule has 0 aromatic carbocycles. The van der Waals surface area contributed by atoms with E-state index in [2.05, 4.69) is 9.98 Å². The normalized spacial score (nSPS) is 26.6. The van der Waals surface area contributed by atoms with E-state index in [0.717, 1.165) is 6.40 Å². The van der Waals surface area contributed by atoms with E-state index < -0.39 is 47.2 Å². The number of esters is 1. The molecule has 3 heterocycles. The summed E-state index contributed by atoms with van der Waals surface area (Å²) in [6.45, 7) is 6.70. The topological polar surface area (TPSA) is 166 Å². The summed E-state index contributed by atoms with van der Waals surface area (Å²) in [5, 5.41) is 9.69. The highest BCUT2D eigenvalue weighted by molar-refractivity contribution is 5.96. The highest BCUT2D eigenvalue weighted by Gasteiger charge is 2.56. The number of rotatable bonds is 8. The van der Waals surface area contributed by atoms with Crippen LogP contribution in [-0.2, 0) is 28.5 Å². The molecule has 3 rings (SSSR count). The third kappa shape index (κ3) is 4.98. The number of aromatic nitrogens is 2. The highest BCUT2D eigenvalue weighted by Crippen LogP contribution is 2.44. The number of hydrazine groups is 1. The van der Waals surface area contributed by atoms with Gasteiger partial charge in [-0.25, -0.2) is 20.1 Å². The number of carbonyl (C=O) groups is 2. The van der Waals surface area contributed by atoms with E-state index >= 15 is 0 Å². The second kappa shape index (κ2) is 8.95. The van der Waals surface area contributed by atoms with Gasteiger partial charge in [0.15, 0.2) is 35.0 Å². The van der Waals surface area contributed by atoms with Gasteiger partial charge in [0.25, 0.3) is 0 Å². The average molecular weight is 441 g/mol. The van der Waals surface area contributed by atoms with Crippen molar-refractivity contribution in [3.63, 3.8) is 0 Å². The van der Waals surface area contributed by atoms with Crippen molar-refractivity contribution < 1.29 is 38.3 Å². The van der Waals surface area contributed by atoms with Crippen LogP contribution in [0.2, 0.25) is 0 Å². The Morgan fingerprint density at radius 2 is 2.13 bits per heavy atom. The standard InChI is InChI=1S/C17H23N5O9/c1-5-27-8-19-14-11(15(24)20-22(25)26)18-7-21(14)16-13-12(30-17(3,4)31-13)10(29-16)6-28-9(2)23/h7-8,10,12-13,16H,5-6H2,1-4H3,(H,20,24)/b19-8+/t10-,12-,13-,16-/m1/s1. The second-order valence-corrected chi connectivity index (χ2v) is 7.14. The number of hydrogen-bond donors (Lipinski definition) is 1. The molecule has 0 unspecified atom stereocenters. The monoisotopic (exact) mass is 441 g/mol. The molecular weight excluding hydrogens is 418 g/mol. The lowest BCUT2D eigenvalue weighted by Gasteiger charge is -2.24. The van der Waals surface area contributed by atoms with E-state index in [1.807, 2.05) is 0 Å². The van der Waals surface area contributed by atoms with Crippen LogP contribution in [0.15, 0.2) is 11.3 Å². The van der Waals surface area contributed by atoms with Crippen LogP contribution in [0.4, 0.5) is 5.82 Å². The molecular formula is C17H23N5O9. The third-order valence-electron chi connectivity index (χ3n) is 4.44. The summed E-state index contributed by atoms with van der Waals surface area (Å²) < 4.78 is 29.4. The Balaban J connectivity index is 1.95. The number of nitrogens with zero attached hydrogens (tertiary/aromatic N) is 4. The number of nitrogens with one attached hydrogen (secondary N) is 1. The third-order valence-corrected chi connectivity index (χ3v) is 4.44. The Morgan fingerprint density at radius 1 is 1.42 bits per heavy atom. The molecule has 0 aliphatic carbocycles. The highest BCUT2D eigenvalue weighted by atomic mass is 16.8. The number of amides is 1. The average Bonchev–Trinajstić information content (AvgIpc) is 3.30. The van der Waals surface area contributed by atoms with Crippen LogP contribution in [-0.4, -0.2) is 70.2 Å². The predicted molar refractivity (Wildman–Crippen MR) is 101 cm³/mol. The minimum absolute atomic E-state index is 0.0435. The summed E-state index contributed by atoms with van der Waals surface area (Å²) in [5.41, 5.74) is 1.22. The van der Waals surface area contributed by atoms with E-state index in [1.165, 1.54) is 23.2 Å². The molecule has 0 saturated carbocycles. The lowest BCUT2D eigenvalue weighted by atomic mass is 10.1. The fourth-order valence-corrected chi connectivity index (χ4v) is 3.34. The van der Waals surface area contributed by atoms with E-state index in [-0.39, 0.29) is 18.1 Å². The maximum Gasteiger partial charge on any atom is 0.332 e. The molecule has 2 aliphatic heterocycles. The smallest absolute Gasteiger partial charge is 0.332 e. The van der Waals surface area contributed by atoms with Crippen molar-refractivity contribution >= 4 is 24.1 Å². The minimum atomic E-state index is -1.07. The maximum atomic E-state index is 12.2. The van der Waals surface area contributed by atoms with Crippen LogP contribution in [0.3, 0.4) is 0 Å². The molecule has 0 radical (unpaired) electrons. The molecule has 170 valence electrons. The Bertz CT molecular complexity index is 883. The zero-order valence-corrected chi connectivity index (χ0v) is 17.3. The first kappa shape index (κ1) is 22.6. The summed E-state index contributed by atoms with van der Waals surface area (Å²) in [4.78, 5) is 42.2. The van der Waals surface area contributed by atoms with Crippen molar-refractivity contribution in [2.45, 2.75) is 58.0 Å². The fraction of sp³-hybridized carbons (Fsp3) is 0.647. The predicted octanol–water partition coefficient (Wildman–Crippen LogP) is 0.482. The molecule has 0 bridgehead atoms. The summed E-state index contributed by atoms with van der Waals surface area (Å²) >= 11 is 0. The lowest BCUT2D eigenvalue weighted by molar-refractivity contribution is -0.527. The Hall–Kier alpha value is -3.10. The van der Waals surface area contributed by atoms with Crippen LogP contribution < -0.4 is 5.43 Å². The summed E-state index contributed by atoms with van der Waals surface area (Å²) in [5.74, 6) is -2.53. The van der Waals surface area contributed by atoms with Crippen LogP contribution >= 0.6 is 0 Å². The number of carbonyl (C=O) groups excluding carboxylic acids is 2. The van der Waals surface area contributed by atoms with Gasteiger partial charge in [-0.15, -0.1) is 0 Å². The zero-order chi connectivity index (χ0) is 22.8. The minimum Gasteiger partial charge on any atom is -0.483 e. The van der Waals surface area contributed by atoms with E-state index in [0.29, 0.717) is 6.61 Å². The van der Waals surface area contributed by atoms with Crippen LogP contribution in [0.5, 0.6) is 0 Å². The van der Waals surface area contributed by atoms with Gasteiger partial charge in [-0.2, -0.15) is 0 Å². The fourth-order valence-electron chi connectivity index (χ4n) is 3.34. The molecule has 2 fully saturated rings. The van der Waals surface area contributed by atoms with Gasteiger partial charge in [-0.05, 0) is 20.8 Å². The molecule has 1 N–H and O–H groups in total. The first-order chi connectivity index (χ1) is 14.6. The molecule has 14 heteroatoms. The number of fused-ring (bicyclic) bond motifs is 1. The van der Waals surface area contributed by atoms with Crippen molar-refractivity contribution in [2.75, 3.05) is 13.2 Å². The first-order valence-electron chi connectivity index (χ1n) is 9.43. The number of hydrogen-bond acceptors (Lipinski definition) is 11. The molecule has 1 aromatic heterocycles. The lowest BCUT2D eigenvalue weighted by Crippen LogP contribution is -2.33. The SMILES string of the molecule is CCO/C=N/c1c(C(=O)N[N+](=O)[O-])ncn1[C@@H]1O[C@H](COC(C)=O)[C@H]2OC(C)(C)O[C@H]21. The van der Waals surface area contributed by atoms with Gasteiger partial charge < -0.3 is 23.7 Å². The summed E-state index contributed by atoms with van der Waals surface area (Å²) in [7, 11) is 0. The van der Waals surface area contributed by atoms with E-state index in [1.54, 1.807) is 20.8 Å². The molecule has 0 spiro atoms. The van der Waals surface area contributed by atoms with Gasteiger partial charge >= 0.3 is 11.9 Å². The van der Waals surface area contributed by atoms with Crippen molar-refractivity contribution in [1.82, 2.24) is 15.0 Å². The van der Waals surface area contributed by atoms with Crippen LogP contribution in [0.25, 0.3) is 0 Å². The number of imidazole rings is 1. The number of nitro groups is 1. The van der Waals surface area contributed by atoms with Crippen LogP contribution in [0, 0.1) is 10.1 Å². The quantitative estimate of drug-likeness (QED) is 0.197. The summed E-state index contributed by atoms with van der Waals surface area (Å²) in [6, 6.07) is 0. The largest absolute Gasteiger partial charge is 0.483 e. The number of ether oxygens (including phenoxy) is 5. The summed E-state index contributed by atoms with van der Waals surface area (Å²) in [6.07, 6.45) is -0.430. The van der Waals surface area contributed by atoms with Gasteiger partial charge in [-0.1, -0.05) is 5.43 Å². The van der Waals surface area contributed by atoms with Gasteiger partial charge in [0.2, 0.25) is 0 Å². The molecule has 31 heavy (non-hydrogen) atoms. The molecule has 4 atom stereocenters. The molecule has 1 aromatic rings. The number of aliphatic imine (C=N–C) groups is 1. The Labute approximate surface area is 176 Å². The van der Waals surface area contributed by atoms with Crippen molar-refractivity contribution in [1.29, 1.82) is 0 Å². The van der Waals surface area contributed by atoms with Crippen LogP contribution in [0.1, 0.15) is 44.4 Å². The molecule has 2 aliphatic rings. The van der Waals surface area contributed by atoms with Crippen molar-refractivity contribution in [3.8, 4) is 0 Å². The molecule has 2 saturated heterocycles. The zero-order valence-electron chi connectivity index (χ0n) is 17.3. The first-order valence-corrected chi connectivity index (χ1v) is 9.43. The molecule has 1 amide bonds. The van der Waals surface area contributed by atoms with E-state index in [4.69, 9.17) is 23.7 Å². The van der Waals surface area contributed by atoms with Gasteiger partial charge in [0.1, 0.15) is 24.9 Å². The van der Waals surface area contributed by atoms with E-state index in [9.17, 15) is 19.7 Å².